The van der Waals surface area contributed by atoms with Gasteiger partial charge in [-0.3, -0.25) is 0 Å². The van der Waals surface area contributed by atoms with Gasteiger partial charge < -0.3 is 4.90 Å². The van der Waals surface area contributed by atoms with Crippen LogP contribution < -0.4 is 4.90 Å². The summed E-state index contributed by atoms with van der Waals surface area (Å²) in [5, 5.41) is 8.95. The quantitative estimate of drug-likeness (QED) is 0.738. The first-order valence-corrected chi connectivity index (χ1v) is 5.02. The summed E-state index contributed by atoms with van der Waals surface area (Å²) in [5.41, 5.74) is 0.951. The van der Waals surface area contributed by atoms with Crippen LogP contribution in [-0.4, -0.2) is 23.6 Å². The first kappa shape index (κ1) is 11.7. The highest BCUT2D eigenvalue weighted by Gasteiger charge is 2.10. The van der Waals surface area contributed by atoms with Crippen LogP contribution >= 0.6 is 11.6 Å². The second kappa shape index (κ2) is 4.94. The van der Waals surface area contributed by atoms with Gasteiger partial charge in [0.25, 0.3) is 0 Å². The van der Waals surface area contributed by atoms with Crippen molar-refractivity contribution in [2.45, 2.75) is 13.8 Å². The van der Waals surface area contributed by atoms with Crippen molar-refractivity contribution in [3.05, 3.63) is 17.0 Å². The lowest BCUT2D eigenvalue weighted by molar-refractivity contribution is 0.707. The number of nitrogens with zero attached hydrogens (tertiary/aromatic N) is 4. The van der Waals surface area contributed by atoms with E-state index in [1.807, 2.05) is 25.8 Å². The van der Waals surface area contributed by atoms with Crippen LogP contribution in [-0.2, 0) is 0 Å². The summed E-state index contributed by atoms with van der Waals surface area (Å²) in [5.74, 6) is 0.736. The largest absolute Gasteiger partial charge is 0.358 e. The SMILES string of the molecule is Cc1cnc(Cl)nc1N(C)CC(C)C#N. The maximum absolute atomic E-state index is 8.72. The summed E-state index contributed by atoms with van der Waals surface area (Å²) >= 11 is 5.72. The average Bonchev–Trinajstić information content (AvgIpc) is 2.21. The molecule has 0 N–H and O–H groups in total. The first-order chi connectivity index (χ1) is 7.04. The number of aryl methyl sites for hydroxylation is 1. The van der Waals surface area contributed by atoms with Crippen molar-refractivity contribution < 1.29 is 0 Å². The van der Waals surface area contributed by atoms with Gasteiger partial charge in [0.2, 0.25) is 5.28 Å². The van der Waals surface area contributed by atoms with Gasteiger partial charge in [-0.15, -0.1) is 0 Å². The standard InChI is InChI=1S/C10H13ClN4/c1-7(4-12)6-15(3)9-8(2)5-13-10(11)14-9/h5,7H,6H2,1-3H3. The molecule has 4 nitrogen and oxygen atoms in total. The molecule has 15 heavy (non-hydrogen) atoms. The summed E-state index contributed by atoms with van der Waals surface area (Å²) in [6, 6.07) is 2.18. The van der Waals surface area contributed by atoms with Crippen LogP contribution in [0.25, 0.3) is 0 Å². The zero-order chi connectivity index (χ0) is 11.4. The topological polar surface area (TPSA) is 52.8 Å². The molecule has 1 rings (SSSR count). The zero-order valence-corrected chi connectivity index (χ0v) is 9.78. The minimum atomic E-state index is -0.0388. The van der Waals surface area contributed by atoms with Crippen LogP contribution in [0.1, 0.15) is 12.5 Å². The summed E-state index contributed by atoms with van der Waals surface area (Å²) in [7, 11) is 1.89. The van der Waals surface area contributed by atoms with E-state index in [0.29, 0.717) is 6.54 Å². The number of halogens is 1. The molecule has 0 fully saturated rings. The fraction of sp³-hybridized carbons (Fsp3) is 0.500. The van der Waals surface area contributed by atoms with Gasteiger partial charge in [0.1, 0.15) is 5.82 Å². The fourth-order valence-corrected chi connectivity index (χ4v) is 1.47. The number of nitriles is 1. The Hall–Kier alpha value is -1.34. The molecule has 80 valence electrons. The maximum atomic E-state index is 8.72. The van der Waals surface area contributed by atoms with Crippen molar-refractivity contribution in [3.8, 4) is 6.07 Å². The predicted octanol–water partition coefficient (Wildman–Crippen LogP) is 2.03. The van der Waals surface area contributed by atoms with Crippen LogP contribution in [0.5, 0.6) is 0 Å². The molecule has 1 atom stereocenters. The monoisotopic (exact) mass is 224 g/mol. The van der Waals surface area contributed by atoms with E-state index in [-0.39, 0.29) is 11.2 Å². The van der Waals surface area contributed by atoms with E-state index in [4.69, 9.17) is 16.9 Å². The molecular formula is C10H13ClN4. The van der Waals surface area contributed by atoms with Crippen LogP contribution in [0.2, 0.25) is 5.28 Å². The Morgan fingerprint density at radius 2 is 2.33 bits per heavy atom. The second-order valence-electron chi connectivity index (χ2n) is 3.56. The molecule has 0 bridgehead atoms. The van der Waals surface area contributed by atoms with Crippen molar-refractivity contribution in [2.24, 2.45) is 5.92 Å². The van der Waals surface area contributed by atoms with Crippen molar-refractivity contribution in [3.63, 3.8) is 0 Å². The Balaban J connectivity index is 2.86. The normalized spacial score (nSPS) is 11.9. The van der Waals surface area contributed by atoms with Gasteiger partial charge in [-0.1, -0.05) is 0 Å². The molecule has 1 aromatic rings. The average molecular weight is 225 g/mol. The van der Waals surface area contributed by atoms with E-state index in [1.54, 1.807) is 6.20 Å². The highest BCUT2D eigenvalue weighted by Crippen LogP contribution is 2.17. The Labute approximate surface area is 94.5 Å². The van der Waals surface area contributed by atoms with E-state index in [2.05, 4.69) is 16.0 Å². The number of anilines is 1. The molecule has 0 spiro atoms. The van der Waals surface area contributed by atoms with Gasteiger partial charge >= 0.3 is 0 Å². The highest BCUT2D eigenvalue weighted by molar-refractivity contribution is 6.28. The van der Waals surface area contributed by atoms with E-state index in [0.717, 1.165) is 11.4 Å². The van der Waals surface area contributed by atoms with E-state index < -0.39 is 0 Å². The second-order valence-corrected chi connectivity index (χ2v) is 3.89. The van der Waals surface area contributed by atoms with Gasteiger partial charge in [-0.25, -0.2) is 9.97 Å². The van der Waals surface area contributed by atoms with Gasteiger partial charge in [0.05, 0.1) is 12.0 Å². The lowest BCUT2D eigenvalue weighted by Gasteiger charge is -2.20. The third-order valence-corrected chi connectivity index (χ3v) is 2.23. The summed E-state index contributed by atoms with van der Waals surface area (Å²) in [4.78, 5) is 9.93. The molecule has 0 aromatic carbocycles. The van der Waals surface area contributed by atoms with E-state index in [9.17, 15) is 0 Å². The Kier molecular flexibility index (Phi) is 3.87. The number of aromatic nitrogens is 2. The third-order valence-electron chi connectivity index (χ3n) is 2.05. The molecule has 5 heteroatoms. The minimum Gasteiger partial charge on any atom is -0.358 e. The molecular weight excluding hydrogens is 212 g/mol. The van der Waals surface area contributed by atoms with Crippen LogP contribution in [0, 0.1) is 24.2 Å². The Morgan fingerprint density at radius 3 is 2.93 bits per heavy atom. The molecule has 1 heterocycles. The van der Waals surface area contributed by atoms with Crippen molar-refractivity contribution in [1.82, 2.24) is 9.97 Å². The lowest BCUT2D eigenvalue weighted by atomic mass is 10.2. The molecule has 0 aliphatic rings. The molecule has 0 saturated heterocycles. The molecule has 1 unspecified atom stereocenters. The van der Waals surface area contributed by atoms with Gasteiger partial charge in [-0.2, -0.15) is 5.26 Å². The number of rotatable bonds is 3. The zero-order valence-electron chi connectivity index (χ0n) is 9.03. The minimum absolute atomic E-state index is 0.0388. The molecule has 0 aliphatic carbocycles. The highest BCUT2D eigenvalue weighted by atomic mass is 35.5. The summed E-state index contributed by atoms with van der Waals surface area (Å²) < 4.78 is 0. The Bertz CT molecular complexity index is 385. The molecule has 0 aliphatic heterocycles. The summed E-state index contributed by atoms with van der Waals surface area (Å²) in [6.07, 6.45) is 1.68. The van der Waals surface area contributed by atoms with E-state index in [1.165, 1.54) is 0 Å². The third kappa shape index (κ3) is 3.07. The fourth-order valence-electron chi connectivity index (χ4n) is 1.34. The van der Waals surface area contributed by atoms with Crippen LogP contribution in [0.3, 0.4) is 0 Å². The van der Waals surface area contributed by atoms with Crippen molar-refractivity contribution in [1.29, 1.82) is 5.26 Å². The molecule has 0 saturated carbocycles. The molecule has 0 amide bonds. The predicted molar refractivity (Wildman–Crippen MR) is 59.8 cm³/mol. The maximum Gasteiger partial charge on any atom is 0.224 e. The van der Waals surface area contributed by atoms with Gasteiger partial charge in [0, 0.05) is 25.4 Å². The molecule has 0 radical (unpaired) electrons. The lowest BCUT2D eigenvalue weighted by Crippen LogP contribution is -2.25. The smallest absolute Gasteiger partial charge is 0.224 e. The van der Waals surface area contributed by atoms with Crippen molar-refractivity contribution in [2.75, 3.05) is 18.5 Å². The van der Waals surface area contributed by atoms with Gasteiger partial charge in [-0.05, 0) is 25.4 Å². The number of hydrogen-bond acceptors (Lipinski definition) is 4. The number of hydrogen-bond donors (Lipinski definition) is 0. The Morgan fingerprint density at radius 1 is 1.67 bits per heavy atom. The first-order valence-electron chi connectivity index (χ1n) is 4.64. The van der Waals surface area contributed by atoms with Crippen molar-refractivity contribution >= 4 is 17.4 Å². The van der Waals surface area contributed by atoms with Crippen LogP contribution in [0.15, 0.2) is 6.20 Å². The van der Waals surface area contributed by atoms with E-state index >= 15 is 0 Å². The van der Waals surface area contributed by atoms with Crippen LogP contribution in [0.4, 0.5) is 5.82 Å². The van der Waals surface area contributed by atoms with Gasteiger partial charge in [0.15, 0.2) is 0 Å². The summed E-state index contributed by atoms with van der Waals surface area (Å²) in [6.45, 7) is 4.42. The molecule has 1 aromatic heterocycles.